The highest BCUT2D eigenvalue weighted by atomic mass is 28.4. The van der Waals surface area contributed by atoms with Crippen LogP contribution in [0.4, 0.5) is 0 Å². The SMILES string of the molecule is COC(=O)C1(O)CC1.COC(=O)C1(O[Si](C)(C)C(C)(C)C)CC1. The van der Waals surface area contributed by atoms with Gasteiger partial charge in [0, 0.05) is 0 Å². The summed E-state index contributed by atoms with van der Waals surface area (Å²) in [6.07, 6.45) is 2.73. The Morgan fingerprint density at radius 2 is 1.39 bits per heavy atom. The lowest BCUT2D eigenvalue weighted by atomic mass is 10.2. The third-order valence-electron chi connectivity index (χ3n) is 4.81. The first-order valence-corrected chi connectivity index (χ1v) is 10.8. The van der Waals surface area contributed by atoms with E-state index in [1.165, 1.54) is 14.2 Å². The highest BCUT2D eigenvalue weighted by molar-refractivity contribution is 6.74. The van der Waals surface area contributed by atoms with E-state index < -0.39 is 25.5 Å². The Hall–Kier alpha value is -0.923. The molecule has 2 saturated carbocycles. The summed E-state index contributed by atoms with van der Waals surface area (Å²) in [7, 11) is 0.847. The average molecular weight is 346 g/mol. The molecule has 2 aliphatic carbocycles. The van der Waals surface area contributed by atoms with Gasteiger partial charge in [-0.3, -0.25) is 0 Å². The highest BCUT2D eigenvalue weighted by Gasteiger charge is 2.57. The molecular formula is C16H30O6Si. The third-order valence-corrected chi connectivity index (χ3v) is 9.32. The normalized spacial score (nSPS) is 20.7. The lowest BCUT2D eigenvalue weighted by Gasteiger charge is -2.38. The molecule has 0 amide bonds. The molecule has 0 aromatic rings. The molecule has 0 aromatic carbocycles. The molecule has 1 N–H and O–H groups in total. The first-order valence-electron chi connectivity index (χ1n) is 7.93. The Labute approximate surface area is 139 Å². The Bertz CT molecular complexity index is 458. The van der Waals surface area contributed by atoms with Gasteiger partial charge in [0.2, 0.25) is 0 Å². The van der Waals surface area contributed by atoms with Gasteiger partial charge < -0.3 is 19.0 Å². The second-order valence-corrected chi connectivity index (χ2v) is 12.6. The van der Waals surface area contributed by atoms with Crippen LogP contribution in [-0.4, -0.2) is 50.8 Å². The smallest absolute Gasteiger partial charge is 0.337 e. The van der Waals surface area contributed by atoms with Gasteiger partial charge in [-0.15, -0.1) is 0 Å². The molecule has 0 saturated heterocycles. The molecule has 6 nitrogen and oxygen atoms in total. The van der Waals surface area contributed by atoms with E-state index in [0.29, 0.717) is 12.8 Å². The Morgan fingerprint density at radius 3 is 1.61 bits per heavy atom. The van der Waals surface area contributed by atoms with E-state index in [1.807, 2.05) is 0 Å². The maximum Gasteiger partial charge on any atom is 0.337 e. The molecule has 0 bridgehead atoms. The van der Waals surface area contributed by atoms with Crippen molar-refractivity contribution in [3.8, 4) is 0 Å². The van der Waals surface area contributed by atoms with Crippen molar-refractivity contribution in [1.82, 2.24) is 0 Å². The number of ether oxygens (including phenoxy) is 2. The third kappa shape index (κ3) is 4.78. The van der Waals surface area contributed by atoms with Crippen LogP contribution in [0, 0.1) is 0 Å². The molecule has 0 aromatic heterocycles. The summed E-state index contributed by atoms with van der Waals surface area (Å²) < 4.78 is 15.2. The van der Waals surface area contributed by atoms with Gasteiger partial charge in [-0.1, -0.05) is 20.8 Å². The number of carbonyl (C=O) groups is 2. The van der Waals surface area contributed by atoms with Crippen molar-refractivity contribution >= 4 is 20.3 Å². The van der Waals surface area contributed by atoms with E-state index in [9.17, 15) is 9.59 Å². The van der Waals surface area contributed by atoms with Crippen LogP contribution in [0.25, 0.3) is 0 Å². The van der Waals surface area contributed by atoms with Gasteiger partial charge in [-0.2, -0.15) is 0 Å². The van der Waals surface area contributed by atoms with E-state index >= 15 is 0 Å². The summed E-state index contributed by atoms with van der Waals surface area (Å²) >= 11 is 0. The van der Waals surface area contributed by atoms with Gasteiger partial charge in [0.1, 0.15) is 0 Å². The van der Waals surface area contributed by atoms with Crippen LogP contribution < -0.4 is 0 Å². The first-order chi connectivity index (χ1) is 10.3. The van der Waals surface area contributed by atoms with Gasteiger partial charge >= 0.3 is 11.9 Å². The van der Waals surface area contributed by atoms with Crippen molar-refractivity contribution in [3.63, 3.8) is 0 Å². The molecule has 0 unspecified atom stereocenters. The highest BCUT2D eigenvalue weighted by Crippen LogP contribution is 2.48. The minimum atomic E-state index is -1.86. The molecule has 0 radical (unpaired) electrons. The summed E-state index contributed by atoms with van der Waals surface area (Å²) in [5.41, 5.74) is -1.70. The molecule has 0 heterocycles. The van der Waals surface area contributed by atoms with Crippen molar-refractivity contribution < 1.29 is 28.6 Å². The molecule has 0 spiro atoms. The lowest BCUT2D eigenvalue weighted by Crippen LogP contribution is -2.47. The lowest BCUT2D eigenvalue weighted by molar-refractivity contribution is -0.153. The van der Waals surface area contributed by atoms with Crippen LogP contribution >= 0.6 is 0 Å². The van der Waals surface area contributed by atoms with Gasteiger partial charge in [0.25, 0.3) is 0 Å². The molecule has 2 rings (SSSR count). The first kappa shape index (κ1) is 20.1. The summed E-state index contributed by atoms with van der Waals surface area (Å²) in [5, 5.41) is 9.06. The number of rotatable bonds is 4. The van der Waals surface area contributed by atoms with E-state index in [4.69, 9.17) is 14.3 Å². The van der Waals surface area contributed by atoms with Crippen molar-refractivity contribution in [3.05, 3.63) is 0 Å². The molecule has 0 aliphatic heterocycles. The maximum atomic E-state index is 11.6. The number of hydrogen-bond acceptors (Lipinski definition) is 6. The predicted molar refractivity (Wildman–Crippen MR) is 88.5 cm³/mol. The van der Waals surface area contributed by atoms with Crippen molar-refractivity contribution in [1.29, 1.82) is 0 Å². The van der Waals surface area contributed by atoms with E-state index in [2.05, 4.69) is 38.6 Å². The fraction of sp³-hybridized carbons (Fsp3) is 0.875. The van der Waals surface area contributed by atoms with E-state index in [1.54, 1.807) is 0 Å². The molecular weight excluding hydrogens is 316 g/mol. The molecule has 2 fully saturated rings. The zero-order valence-corrected chi connectivity index (χ0v) is 16.3. The summed E-state index contributed by atoms with van der Waals surface area (Å²) in [4.78, 5) is 22.0. The predicted octanol–water partition coefficient (Wildman–Crippen LogP) is 2.40. The fourth-order valence-electron chi connectivity index (χ4n) is 1.80. The Kier molecular flexibility index (Phi) is 5.71. The molecule has 0 atom stereocenters. The van der Waals surface area contributed by atoms with Crippen LogP contribution in [0.3, 0.4) is 0 Å². The summed E-state index contributed by atoms with van der Waals surface area (Å²) in [6.45, 7) is 10.8. The average Bonchev–Trinajstić information content (AvgIpc) is 3.35. The van der Waals surface area contributed by atoms with Crippen molar-refractivity contribution in [2.24, 2.45) is 0 Å². The van der Waals surface area contributed by atoms with Crippen LogP contribution in [-0.2, 0) is 23.5 Å². The van der Waals surface area contributed by atoms with E-state index in [0.717, 1.165) is 12.8 Å². The second-order valence-electron chi connectivity index (χ2n) is 7.87. The Morgan fingerprint density at radius 1 is 0.957 bits per heavy atom. The second kappa shape index (κ2) is 6.53. The maximum absolute atomic E-state index is 11.6. The largest absolute Gasteiger partial charge is 0.467 e. The van der Waals surface area contributed by atoms with Gasteiger partial charge in [0.15, 0.2) is 19.5 Å². The topological polar surface area (TPSA) is 82.1 Å². The zero-order chi connectivity index (χ0) is 18.1. The minimum Gasteiger partial charge on any atom is -0.467 e. The molecule has 7 heteroatoms. The number of esters is 2. The molecule has 23 heavy (non-hydrogen) atoms. The monoisotopic (exact) mass is 346 g/mol. The molecule has 134 valence electrons. The Balaban J connectivity index is 0.000000277. The van der Waals surface area contributed by atoms with Crippen molar-refractivity contribution in [2.45, 2.75) is 75.8 Å². The van der Waals surface area contributed by atoms with Gasteiger partial charge in [0.05, 0.1) is 14.2 Å². The van der Waals surface area contributed by atoms with Crippen LogP contribution in [0.2, 0.25) is 18.1 Å². The van der Waals surface area contributed by atoms with Gasteiger partial charge in [-0.05, 0) is 43.8 Å². The minimum absolute atomic E-state index is 0.136. The molecule has 2 aliphatic rings. The number of carbonyl (C=O) groups excluding carboxylic acids is 2. The summed E-state index contributed by atoms with van der Waals surface area (Å²) in [5.74, 6) is -0.704. The number of hydrogen-bond donors (Lipinski definition) is 1. The quantitative estimate of drug-likeness (QED) is 0.622. The van der Waals surface area contributed by atoms with Crippen molar-refractivity contribution in [2.75, 3.05) is 14.2 Å². The standard InChI is InChI=1S/C11H22O3Si.C5H8O3/c1-10(2,3)15(5,6)14-11(7-8-11)9(12)13-4;1-8-4(6)5(7)2-3-5/h7-8H2,1-6H3;7H,2-3H2,1H3. The fourth-order valence-corrected chi connectivity index (χ4v) is 3.37. The number of methoxy groups -OCH3 is 2. The van der Waals surface area contributed by atoms with E-state index in [-0.39, 0.29) is 11.0 Å². The van der Waals surface area contributed by atoms with Gasteiger partial charge in [-0.25, -0.2) is 9.59 Å². The summed E-state index contributed by atoms with van der Waals surface area (Å²) in [6, 6.07) is 0. The zero-order valence-electron chi connectivity index (χ0n) is 15.3. The van der Waals surface area contributed by atoms with Crippen LogP contribution in [0.1, 0.15) is 46.5 Å². The van der Waals surface area contributed by atoms with Crippen LogP contribution in [0.5, 0.6) is 0 Å². The van der Waals surface area contributed by atoms with Crippen LogP contribution in [0.15, 0.2) is 0 Å². The number of aliphatic hydroxyl groups is 1.